The fourth-order valence-corrected chi connectivity index (χ4v) is 3.98. The second-order valence-electron chi connectivity index (χ2n) is 7.64. The van der Waals surface area contributed by atoms with E-state index in [9.17, 15) is 19.2 Å². The highest BCUT2D eigenvalue weighted by molar-refractivity contribution is 7.51. The van der Waals surface area contributed by atoms with Crippen LogP contribution in [0.5, 0.6) is 0 Å². The van der Waals surface area contributed by atoms with Gasteiger partial charge in [0.05, 0.1) is 19.0 Å². The van der Waals surface area contributed by atoms with E-state index in [0.717, 1.165) is 0 Å². The highest BCUT2D eigenvalue weighted by Crippen LogP contribution is 2.36. The highest BCUT2D eigenvalue weighted by Gasteiger charge is 2.44. The van der Waals surface area contributed by atoms with Crippen molar-refractivity contribution in [3.05, 3.63) is 48.3 Å². The SMILES string of the molecule is C[C@H](Nc1ncnc2c1ncn2[C@@H]1O[C@H](COCP(=O)(O)O)[C@@H](O)[C@H]1O)c1ccccc1F. The first-order valence-corrected chi connectivity index (χ1v) is 11.8. The maximum atomic E-state index is 14.1. The summed E-state index contributed by atoms with van der Waals surface area (Å²) in [5.41, 5.74) is 1.08. The molecule has 3 aromatic rings. The van der Waals surface area contributed by atoms with Gasteiger partial charge in [0.2, 0.25) is 0 Å². The van der Waals surface area contributed by atoms with Crippen LogP contribution in [-0.2, 0) is 14.0 Å². The van der Waals surface area contributed by atoms with Crippen LogP contribution >= 0.6 is 7.60 Å². The molecule has 5 atom stereocenters. The summed E-state index contributed by atoms with van der Waals surface area (Å²) in [7, 11) is -4.38. The molecular formula is C19H23FN5O7P. The first-order valence-electron chi connectivity index (χ1n) is 9.98. The average Bonchev–Trinajstić information content (AvgIpc) is 3.30. The van der Waals surface area contributed by atoms with Crippen LogP contribution in [0.1, 0.15) is 24.8 Å². The molecule has 0 saturated carbocycles. The molecule has 4 rings (SSSR count). The molecule has 5 N–H and O–H groups in total. The third-order valence-electron chi connectivity index (χ3n) is 5.24. The summed E-state index contributed by atoms with van der Waals surface area (Å²) < 4.78 is 37.1. The number of anilines is 1. The van der Waals surface area contributed by atoms with Crippen molar-refractivity contribution in [1.29, 1.82) is 0 Å². The molecule has 2 aromatic heterocycles. The molecular weight excluding hydrogens is 460 g/mol. The summed E-state index contributed by atoms with van der Waals surface area (Å²) in [6.07, 6.45) is -3.07. The third kappa shape index (κ3) is 5.04. The molecule has 0 amide bonds. The molecule has 1 aromatic carbocycles. The number of benzene rings is 1. The van der Waals surface area contributed by atoms with Crippen LogP contribution in [0.25, 0.3) is 11.2 Å². The number of nitrogens with one attached hydrogen (secondary N) is 1. The third-order valence-corrected chi connectivity index (χ3v) is 5.76. The second-order valence-corrected chi connectivity index (χ2v) is 9.23. The van der Waals surface area contributed by atoms with Crippen molar-refractivity contribution in [2.75, 3.05) is 18.3 Å². The predicted molar refractivity (Wildman–Crippen MR) is 113 cm³/mol. The molecule has 0 radical (unpaired) electrons. The van der Waals surface area contributed by atoms with E-state index in [1.807, 2.05) is 0 Å². The van der Waals surface area contributed by atoms with Gasteiger partial charge in [-0.2, -0.15) is 0 Å². The van der Waals surface area contributed by atoms with Crippen molar-refractivity contribution in [3.8, 4) is 0 Å². The fraction of sp³-hybridized carbons (Fsp3) is 0.421. The van der Waals surface area contributed by atoms with E-state index >= 15 is 0 Å². The number of nitrogens with zero attached hydrogens (tertiary/aromatic N) is 4. The number of aliphatic hydroxyl groups excluding tert-OH is 2. The lowest BCUT2D eigenvalue weighted by atomic mass is 10.1. The summed E-state index contributed by atoms with van der Waals surface area (Å²) in [5.74, 6) is -0.0270. The van der Waals surface area contributed by atoms with Crippen LogP contribution in [0.15, 0.2) is 36.9 Å². The Morgan fingerprint density at radius 1 is 1.24 bits per heavy atom. The van der Waals surface area contributed by atoms with Crippen molar-refractivity contribution in [2.24, 2.45) is 0 Å². The van der Waals surface area contributed by atoms with E-state index in [-0.39, 0.29) is 12.4 Å². The van der Waals surface area contributed by atoms with E-state index in [2.05, 4.69) is 20.3 Å². The zero-order valence-corrected chi connectivity index (χ0v) is 18.3. The van der Waals surface area contributed by atoms with E-state index in [1.54, 1.807) is 25.1 Å². The zero-order valence-electron chi connectivity index (χ0n) is 17.4. The number of imidazole rings is 1. The van der Waals surface area contributed by atoms with Gasteiger partial charge in [-0.25, -0.2) is 19.3 Å². The normalized spacial score (nSPS) is 24.3. The number of aromatic nitrogens is 4. The summed E-state index contributed by atoms with van der Waals surface area (Å²) in [6.45, 7) is 1.43. The van der Waals surface area contributed by atoms with Gasteiger partial charge < -0.3 is 34.8 Å². The van der Waals surface area contributed by atoms with E-state index in [4.69, 9.17) is 19.3 Å². The number of hydrogen-bond acceptors (Lipinski definition) is 9. The van der Waals surface area contributed by atoms with Gasteiger partial charge >= 0.3 is 7.60 Å². The minimum absolute atomic E-state index is 0.293. The highest BCUT2D eigenvalue weighted by atomic mass is 31.2. The van der Waals surface area contributed by atoms with Gasteiger partial charge in [-0.15, -0.1) is 0 Å². The number of ether oxygens (including phenoxy) is 2. The van der Waals surface area contributed by atoms with Crippen molar-refractivity contribution >= 4 is 24.6 Å². The topological polar surface area (TPSA) is 172 Å². The van der Waals surface area contributed by atoms with Gasteiger partial charge in [0.15, 0.2) is 23.2 Å². The van der Waals surface area contributed by atoms with Gasteiger partial charge in [-0.05, 0) is 13.0 Å². The summed E-state index contributed by atoms with van der Waals surface area (Å²) in [5, 5.41) is 23.9. The molecule has 0 unspecified atom stereocenters. The Labute approximate surface area is 187 Å². The zero-order chi connectivity index (χ0) is 23.8. The minimum Gasteiger partial charge on any atom is -0.387 e. The summed E-state index contributed by atoms with van der Waals surface area (Å²) >= 11 is 0. The first kappa shape index (κ1) is 23.6. The standard InChI is InChI=1S/C19H23FN5O7P/c1-10(11-4-2-3-5-12(11)20)24-17-14-18(22-7-21-17)25(8-23-14)19-16(27)15(26)13(32-19)6-31-9-33(28,29)30/h2-5,7-8,10,13,15-16,19,26-27H,6,9H2,1H3,(H,21,22,24)(H2,28,29,30)/t10-,13+,15+,16+,19+/m0/s1. The first-order chi connectivity index (χ1) is 15.7. The Bertz CT molecular complexity index is 1170. The molecule has 33 heavy (non-hydrogen) atoms. The molecule has 1 fully saturated rings. The number of hydrogen-bond donors (Lipinski definition) is 5. The molecule has 3 heterocycles. The van der Waals surface area contributed by atoms with Gasteiger partial charge in [-0.1, -0.05) is 18.2 Å². The van der Waals surface area contributed by atoms with Gasteiger partial charge in [0.1, 0.15) is 36.8 Å². The van der Waals surface area contributed by atoms with Crippen molar-refractivity contribution < 1.29 is 38.4 Å². The second kappa shape index (κ2) is 9.39. The Balaban J connectivity index is 1.54. The molecule has 14 heteroatoms. The quantitative estimate of drug-likeness (QED) is 0.288. The summed E-state index contributed by atoms with van der Waals surface area (Å²) in [4.78, 5) is 30.4. The van der Waals surface area contributed by atoms with E-state index in [1.165, 1.54) is 23.3 Å². The average molecular weight is 483 g/mol. The lowest BCUT2D eigenvalue weighted by Gasteiger charge is -2.17. The van der Waals surface area contributed by atoms with Crippen LogP contribution in [0, 0.1) is 5.82 Å². The fourth-order valence-electron chi connectivity index (χ4n) is 3.64. The van der Waals surface area contributed by atoms with Gasteiger partial charge in [0.25, 0.3) is 0 Å². The molecule has 1 saturated heterocycles. The number of fused-ring (bicyclic) bond motifs is 1. The molecule has 178 valence electrons. The van der Waals surface area contributed by atoms with Gasteiger partial charge in [-0.3, -0.25) is 9.13 Å². The van der Waals surface area contributed by atoms with Crippen LogP contribution < -0.4 is 5.32 Å². The minimum atomic E-state index is -4.38. The molecule has 0 bridgehead atoms. The van der Waals surface area contributed by atoms with E-state index in [0.29, 0.717) is 22.5 Å². The molecule has 1 aliphatic rings. The van der Waals surface area contributed by atoms with Gasteiger partial charge in [0, 0.05) is 5.56 Å². The molecule has 1 aliphatic heterocycles. The molecule has 0 spiro atoms. The smallest absolute Gasteiger partial charge is 0.350 e. The molecule has 12 nitrogen and oxygen atoms in total. The van der Waals surface area contributed by atoms with Crippen LogP contribution in [0.4, 0.5) is 10.2 Å². The van der Waals surface area contributed by atoms with Crippen LogP contribution in [0.2, 0.25) is 0 Å². The maximum Gasteiger partial charge on any atom is 0.350 e. The number of rotatable bonds is 8. The lowest BCUT2D eigenvalue weighted by molar-refractivity contribution is -0.0612. The number of halogens is 1. The Morgan fingerprint density at radius 3 is 2.73 bits per heavy atom. The number of aliphatic hydroxyl groups is 2. The Kier molecular flexibility index (Phi) is 6.73. The van der Waals surface area contributed by atoms with Crippen LogP contribution in [-0.4, -0.2) is 70.8 Å². The van der Waals surface area contributed by atoms with Crippen LogP contribution in [0.3, 0.4) is 0 Å². The van der Waals surface area contributed by atoms with Crippen molar-refractivity contribution in [3.63, 3.8) is 0 Å². The van der Waals surface area contributed by atoms with E-state index < -0.39 is 44.5 Å². The lowest BCUT2D eigenvalue weighted by Crippen LogP contribution is -2.33. The largest absolute Gasteiger partial charge is 0.387 e. The Morgan fingerprint density at radius 2 is 2.00 bits per heavy atom. The monoisotopic (exact) mass is 483 g/mol. The summed E-state index contributed by atoms with van der Waals surface area (Å²) in [6, 6.07) is 5.91. The Hall–Kier alpha value is -2.51. The maximum absolute atomic E-state index is 14.1. The van der Waals surface area contributed by atoms with Crippen molar-refractivity contribution in [2.45, 2.75) is 37.5 Å². The predicted octanol–water partition coefficient (Wildman–Crippen LogP) is 0.909. The molecule has 0 aliphatic carbocycles. The van der Waals surface area contributed by atoms with Crippen molar-refractivity contribution in [1.82, 2.24) is 19.5 Å².